The summed E-state index contributed by atoms with van der Waals surface area (Å²) >= 11 is 0. The predicted molar refractivity (Wildman–Crippen MR) is 307 cm³/mol. The molecule has 0 aromatic heterocycles. The maximum atomic E-state index is 12.9. The van der Waals surface area contributed by atoms with E-state index in [2.05, 4.69) is 20.8 Å². The topological polar surface area (TPSA) is 78.9 Å². The van der Waals surface area contributed by atoms with Crippen molar-refractivity contribution in [2.45, 2.75) is 386 Å². The van der Waals surface area contributed by atoms with Gasteiger partial charge in [-0.15, -0.1) is 0 Å². The highest BCUT2D eigenvalue weighted by atomic mass is 16.6. The second-order valence-corrected chi connectivity index (χ2v) is 22.4. The van der Waals surface area contributed by atoms with E-state index >= 15 is 0 Å². The van der Waals surface area contributed by atoms with Crippen LogP contribution in [0.2, 0.25) is 0 Å². The second kappa shape index (κ2) is 61.0. The largest absolute Gasteiger partial charge is 0.462 e. The summed E-state index contributed by atoms with van der Waals surface area (Å²) in [5.74, 6) is -0.826. The van der Waals surface area contributed by atoms with Gasteiger partial charge in [-0.2, -0.15) is 0 Å². The maximum absolute atomic E-state index is 12.9. The van der Waals surface area contributed by atoms with Crippen LogP contribution in [-0.4, -0.2) is 37.2 Å². The van der Waals surface area contributed by atoms with E-state index in [1.54, 1.807) is 0 Å². The average Bonchev–Trinajstić information content (AvgIpc) is 3.37. The van der Waals surface area contributed by atoms with Crippen molar-refractivity contribution in [3.8, 4) is 0 Å². The van der Waals surface area contributed by atoms with Crippen LogP contribution in [0.1, 0.15) is 380 Å². The van der Waals surface area contributed by atoms with Gasteiger partial charge >= 0.3 is 17.9 Å². The van der Waals surface area contributed by atoms with Crippen LogP contribution >= 0.6 is 0 Å². The fraction of sp³-hybridized carbons (Fsp3) is 0.954. The van der Waals surface area contributed by atoms with Crippen molar-refractivity contribution < 1.29 is 28.6 Å². The molecule has 0 aromatic rings. The molecule has 0 fully saturated rings. The SMILES string of the molecule is CCCCCCCCCCCCCCCCCCCCCCCCCCCC(=O)OCC(COC(=O)CCCCCCCCCCCCCCC)OC(=O)CCCCCCCCCCCCCCCCC. The molecule has 0 spiro atoms. The predicted octanol–water partition coefficient (Wildman–Crippen LogP) is 21.9. The molecule has 0 aliphatic rings. The first-order chi connectivity index (χ1) is 35.0. The molecule has 71 heavy (non-hydrogen) atoms. The summed E-state index contributed by atoms with van der Waals surface area (Å²) in [7, 11) is 0. The zero-order valence-corrected chi connectivity index (χ0v) is 48.5. The molecule has 0 aromatic carbocycles. The molecule has 0 aliphatic carbocycles. The van der Waals surface area contributed by atoms with Crippen LogP contribution in [0.4, 0.5) is 0 Å². The lowest BCUT2D eigenvalue weighted by molar-refractivity contribution is -0.167. The minimum absolute atomic E-state index is 0.0606. The Balaban J connectivity index is 4.17. The number of ether oxygens (including phenoxy) is 3. The number of carbonyl (C=O) groups excluding carboxylic acids is 3. The standard InChI is InChI=1S/C65H126O6/c1-4-7-10-13-16-19-22-25-27-28-29-30-31-32-33-34-35-36-38-40-43-46-49-52-55-58-64(67)70-61-62(60-69-63(66)57-54-51-48-45-42-39-24-21-18-15-12-9-6-3)71-65(68)59-56-53-50-47-44-41-37-26-23-20-17-14-11-8-5-2/h62H,4-61H2,1-3H3. The van der Waals surface area contributed by atoms with Crippen LogP contribution in [0.15, 0.2) is 0 Å². The summed E-state index contributed by atoms with van der Waals surface area (Å²) < 4.78 is 16.9. The Kier molecular flexibility index (Phi) is 59.6. The zero-order chi connectivity index (χ0) is 51.4. The average molecular weight is 1000 g/mol. The Morgan fingerprint density at radius 1 is 0.225 bits per heavy atom. The normalized spacial score (nSPS) is 11.9. The number of esters is 3. The minimum atomic E-state index is -0.762. The molecule has 0 radical (unpaired) electrons. The highest BCUT2D eigenvalue weighted by Gasteiger charge is 2.19. The van der Waals surface area contributed by atoms with Gasteiger partial charge in [0.2, 0.25) is 0 Å². The fourth-order valence-electron chi connectivity index (χ4n) is 10.2. The van der Waals surface area contributed by atoms with Gasteiger partial charge in [-0.05, 0) is 19.3 Å². The van der Waals surface area contributed by atoms with Crippen LogP contribution < -0.4 is 0 Å². The number of hydrogen-bond donors (Lipinski definition) is 0. The summed E-state index contributed by atoms with van der Waals surface area (Å²) in [6, 6.07) is 0. The van der Waals surface area contributed by atoms with Crippen molar-refractivity contribution in [3.05, 3.63) is 0 Å². The zero-order valence-electron chi connectivity index (χ0n) is 48.5. The number of rotatable bonds is 61. The highest BCUT2D eigenvalue weighted by Crippen LogP contribution is 2.19. The molecule has 0 saturated carbocycles. The molecule has 1 atom stereocenters. The summed E-state index contributed by atoms with van der Waals surface area (Å²) in [5.41, 5.74) is 0. The summed E-state index contributed by atoms with van der Waals surface area (Å²) in [6.45, 7) is 6.72. The van der Waals surface area contributed by atoms with Gasteiger partial charge < -0.3 is 14.2 Å². The van der Waals surface area contributed by atoms with Crippen LogP contribution in [-0.2, 0) is 28.6 Å². The molecule has 0 heterocycles. The van der Waals surface area contributed by atoms with Crippen molar-refractivity contribution in [1.82, 2.24) is 0 Å². The number of carbonyl (C=O) groups is 3. The molecule has 0 saturated heterocycles. The smallest absolute Gasteiger partial charge is 0.306 e. The summed E-state index contributed by atoms with van der Waals surface area (Å²) in [5, 5.41) is 0. The molecule has 0 N–H and O–H groups in total. The quantitative estimate of drug-likeness (QED) is 0.0343. The Morgan fingerprint density at radius 3 is 0.563 bits per heavy atom. The lowest BCUT2D eigenvalue weighted by atomic mass is 10.0. The van der Waals surface area contributed by atoms with Crippen LogP contribution in [0, 0.1) is 0 Å². The van der Waals surface area contributed by atoms with Crippen molar-refractivity contribution in [2.24, 2.45) is 0 Å². The van der Waals surface area contributed by atoms with E-state index in [1.807, 2.05) is 0 Å². The van der Waals surface area contributed by atoms with E-state index in [0.29, 0.717) is 19.3 Å². The third-order valence-corrected chi connectivity index (χ3v) is 15.1. The molecule has 422 valence electrons. The van der Waals surface area contributed by atoms with Crippen molar-refractivity contribution in [1.29, 1.82) is 0 Å². The van der Waals surface area contributed by atoms with E-state index in [4.69, 9.17) is 14.2 Å². The van der Waals surface area contributed by atoms with Gasteiger partial charge in [-0.3, -0.25) is 14.4 Å². The molecule has 6 heteroatoms. The summed E-state index contributed by atoms with van der Waals surface area (Å²) in [6.07, 6.45) is 69.7. The van der Waals surface area contributed by atoms with Crippen LogP contribution in [0.3, 0.4) is 0 Å². The summed E-state index contributed by atoms with van der Waals surface area (Å²) in [4.78, 5) is 38.2. The van der Waals surface area contributed by atoms with Gasteiger partial charge in [0.05, 0.1) is 0 Å². The third kappa shape index (κ3) is 59.2. The van der Waals surface area contributed by atoms with Crippen molar-refractivity contribution in [2.75, 3.05) is 13.2 Å². The highest BCUT2D eigenvalue weighted by molar-refractivity contribution is 5.71. The lowest BCUT2D eigenvalue weighted by Crippen LogP contribution is -2.30. The van der Waals surface area contributed by atoms with Gasteiger partial charge in [0.25, 0.3) is 0 Å². The van der Waals surface area contributed by atoms with E-state index in [-0.39, 0.29) is 31.1 Å². The fourth-order valence-corrected chi connectivity index (χ4v) is 10.2. The first kappa shape index (κ1) is 69.4. The maximum Gasteiger partial charge on any atom is 0.306 e. The molecule has 0 rings (SSSR count). The number of hydrogen-bond acceptors (Lipinski definition) is 6. The van der Waals surface area contributed by atoms with E-state index < -0.39 is 6.10 Å². The molecule has 0 bridgehead atoms. The van der Waals surface area contributed by atoms with Crippen molar-refractivity contribution in [3.63, 3.8) is 0 Å². The molecular formula is C65H126O6. The van der Waals surface area contributed by atoms with E-state index in [9.17, 15) is 14.4 Å². The van der Waals surface area contributed by atoms with Crippen LogP contribution in [0.25, 0.3) is 0 Å². The lowest BCUT2D eigenvalue weighted by Gasteiger charge is -2.18. The third-order valence-electron chi connectivity index (χ3n) is 15.1. The van der Waals surface area contributed by atoms with E-state index in [1.165, 1.54) is 283 Å². The monoisotopic (exact) mass is 1000 g/mol. The Morgan fingerprint density at radius 2 is 0.380 bits per heavy atom. The van der Waals surface area contributed by atoms with Crippen LogP contribution in [0.5, 0.6) is 0 Å². The first-order valence-corrected chi connectivity index (χ1v) is 32.5. The Labute approximate surface area is 444 Å². The van der Waals surface area contributed by atoms with Gasteiger partial charge in [0.1, 0.15) is 13.2 Å². The Hall–Kier alpha value is -1.59. The molecule has 6 nitrogen and oxygen atoms in total. The number of unbranched alkanes of at least 4 members (excludes halogenated alkanes) is 50. The van der Waals surface area contributed by atoms with Gasteiger partial charge in [0.15, 0.2) is 6.10 Å². The molecular weight excluding hydrogens is 877 g/mol. The molecule has 0 aliphatic heterocycles. The van der Waals surface area contributed by atoms with E-state index in [0.717, 1.165) is 57.8 Å². The minimum Gasteiger partial charge on any atom is -0.462 e. The van der Waals surface area contributed by atoms with Crippen molar-refractivity contribution >= 4 is 17.9 Å². The first-order valence-electron chi connectivity index (χ1n) is 32.5. The van der Waals surface area contributed by atoms with Gasteiger partial charge in [-0.25, -0.2) is 0 Å². The Bertz CT molecular complexity index is 1060. The molecule has 0 amide bonds. The van der Waals surface area contributed by atoms with Gasteiger partial charge in [-0.1, -0.05) is 342 Å². The molecule has 1 unspecified atom stereocenters. The van der Waals surface area contributed by atoms with Gasteiger partial charge in [0, 0.05) is 19.3 Å². The second-order valence-electron chi connectivity index (χ2n) is 22.4.